The number of hydrogen-bond acceptors (Lipinski definition) is 3. The average molecular weight is 354 g/mol. The topological polar surface area (TPSA) is 46.5 Å². The van der Waals surface area contributed by atoms with Crippen molar-refractivity contribution < 1.29 is 19.0 Å². The van der Waals surface area contributed by atoms with Crippen molar-refractivity contribution in [2.75, 3.05) is 0 Å². The number of aliphatic hydroxyl groups is 1. The van der Waals surface area contributed by atoms with Gasteiger partial charge >= 0.3 is 5.97 Å². The molecular formula is C22H23FO3. The van der Waals surface area contributed by atoms with E-state index >= 15 is 0 Å². The lowest BCUT2D eigenvalue weighted by atomic mass is 9.92. The summed E-state index contributed by atoms with van der Waals surface area (Å²) in [5.41, 5.74) is 5.75. The van der Waals surface area contributed by atoms with Crippen LogP contribution in [0.1, 0.15) is 35.1 Å². The van der Waals surface area contributed by atoms with E-state index < -0.39 is 12.2 Å². The Labute approximate surface area is 153 Å². The fourth-order valence-electron chi connectivity index (χ4n) is 3.38. The first kappa shape index (κ1) is 18.3. The monoisotopic (exact) mass is 354 g/mol. The number of carbonyl (C=O) groups is 1. The molecule has 2 aromatic rings. The molecule has 0 saturated carbocycles. The Morgan fingerprint density at radius 2 is 1.92 bits per heavy atom. The van der Waals surface area contributed by atoms with Crippen LogP contribution in [0, 0.1) is 26.6 Å². The number of esters is 1. The van der Waals surface area contributed by atoms with Gasteiger partial charge in [-0.2, -0.15) is 0 Å². The Morgan fingerprint density at radius 1 is 1.15 bits per heavy atom. The maximum Gasteiger partial charge on any atom is 0.309 e. The molecule has 1 aliphatic rings. The highest BCUT2D eigenvalue weighted by atomic mass is 19.1. The standard InChI is InChI=1S/C22H23FO3/c1-13-8-14(2)19(6-5-18-11-17(24)12-22(25)26-18)20(9-13)16-4-7-21(23)15(3)10-16/h4-10,17-18,24H,11-12H2,1-3H3/t17-,18-/m0/s1. The van der Waals surface area contributed by atoms with Crippen molar-refractivity contribution in [3.63, 3.8) is 0 Å². The zero-order valence-corrected chi connectivity index (χ0v) is 15.3. The second-order valence-electron chi connectivity index (χ2n) is 6.99. The summed E-state index contributed by atoms with van der Waals surface area (Å²) in [6.07, 6.45) is 3.10. The lowest BCUT2D eigenvalue weighted by Crippen LogP contribution is -2.31. The number of hydrogen-bond donors (Lipinski definition) is 1. The minimum Gasteiger partial charge on any atom is -0.458 e. The maximum atomic E-state index is 13.7. The van der Waals surface area contributed by atoms with E-state index in [1.54, 1.807) is 13.0 Å². The van der Waals surface area contributed by atoms with Crippen molar-refractivity contribution >= 4 is 12.0 Å². The lowest BCUT2D eigenvalue weighted by Gasteiger charge is -2.23. The van der Waals surface area contributed by atoms with Crippen molar-refractivity contribution in [3.8, 4) is 11.1 Å². The van der Waals surface area contributed by atoms with Crippen LogP contribution in [0.2, 0.25) is 0 Å². The van der Waals surface area contributed by atoms with E-state index in [1.807, 2.05) is 32.1 Å². The molecule has 4 heteroatoms. The molecule has 0 unspecified atom stereocenters. The number of rotatable bonds is 3. The van der Waals surface area contributed by atoms with Gasteiger partial charge in [0.2, 0.25) is 0 Å². The molecule has 1 aliphatic heterocycles. The van der Waals surface area contributed by atoms with Gasteiger partial charge in [-0.1, -0.05) is 29.8 Å². The minimum atomic E-state index is -0.663. The molecule has 0 aromatic heterocycles. The molecule has 136 valence electrons. The quantitative estimate of drug-likeness (QED) is 0.826. The molecule has 1 saturated heterocycles. The fraction of sp³-hybridized carbons (Fsp3) is 0.318. The summed E-state index contributed by atoms with van der Waals surface area (Å²) < 4.78 is 18.9. The molecule has 0 bridgehead atoms. The van der Waals surface area contributed by atoms with Gasteiger partial charge < -0.3 is 9.84 Å². The summed E-state index contributed by atoms with van der Waals surface area (Å²) >= 11 is 0. The molecule has 3 nitrogen and oxygen atoms in total. The average Bonchev–Trinajstić information content (AvgIpc) is 2.55. The largest absolute Gasteiger partial charge is 0.458 e. The third-order valence-corrected chi connectivity index (χ3v) is 4.67. The number of aliphatic hydroxyl groups excluding tert-OH is 1. The summed E-state index contributed by atoms with van der Waals surface area (Å²) in [5.74, 6) is -0.605. The van der Waals surface area contributed by atoms with Crippen LogP contribution in [-0.4, -0.2) is 23.3 Å². The molecule has 0 spiro atoms. The molecule has 0 radical (unpaired) electrons. The molecular weight excluding hydrogens is 331 g/mol. The lowest BCUT2D eigenvalue weighted by molar-refractivity contribution is -0.156. The highest BCUT2D eigenvalue weighted by Crippen LogP contribution is 2.31. The third-order valence-electron chi connectivity index (χ3n) is 4.67. The number of carbonyl (C=O) groups excluding carboxylic acids is 1. The van der Waals surface area contributed by atoms with Gasteiger partial charge in [0.1, 0.15) is 11.9 Å². The zero-order chi connectivity index (χ0) is 18.8. The number of cyclic esters (lactones) is 1. The summed E-state index contributed by atoms with van der Waals surface area (Å²) in [4.78, 5) is 11.5. The van der Waals surface area contributed by atoms with Gasteiger partial charge in [-0.05, 0) is 66.8 Å². The summed E-state index contributed by atoms with van der Waals surface area (Å²) in [5, 5.41) is 9.76. The Balaban J connectivity index is 1.99. The Bertz CT molecular complexity index is 870. The third kappa shape index (κ3) is 4.02. The van der Waals surface area contributed by atoms with E-state index in [1.165, 1.54) is 6.07 Å². The number of halogens is 1. The summed E-state index contributed by atoms with van der Waals surface area (Å²) in [6.45, 7) is 5.80. The van der Waals surface area contributed by atoms with Gasteiger partial charge in [-0.25, -0.2) is 4.39 Å². The first-order valence-electron chi connectivity index (χ1n) is 8.77. The summed E-state index contributed by atoms with van der Waals surface area (Å²) in [7, 11) is 0. The van der Waals surface area contributed by atoms with E-state index in [9.17, 15) is 14.3 Å². The number of aryl methyl sites for hydroxylation is 3. The maximum absolute atomic E-state index is 13.7. The number of benzene rings is 2. The highest BCUT2D eigenvalue weighted by molar-refractivity contribution is 5.78. The molecule has 2 atom stereocenters. The van der Waals surface area contributed by atoms with Gasteiger partial charge in [0, 0.05) is 6.42 Å². The van der Waals surface area contributed by atoms with Gasteiger partial charge in [0.05, 0.1) is 12.5 Å². The van der Waals surface area contributed by atoms with E-state index in [0.29, 0.717) is 12.0 Å². The van der Waals surface area contributed by atoms with Crippen molar-refractivity contribution in [1.29, 1.82) is 0 Å². The van der Waals surface area contributed by atoms with Crippen molar-refractivity contribution in [1.82, 2.24) is 0 Å². The van der Waals surface area contributed by atoms with E-state index in [4.69, 9.17) is 4.74 Å². The molecule has 1 heterocycles. The predicted octanol–water partition coefficient (Wildman–Crippen LogP) is 4.50. The van der Waals surface area contributed by atoms with E-state index in [0.717, 1.165) is 27.8 Å². The van der Waals surface area contributed by atoms with Crippen molar-refractivity contribution in [2.45, 2.75) is 45.8 Å². The number of ether oxygens (including phenoxy) is 1. The first-order valence-corrected chi connectivity index (χ1v) is 8.77. The minimum absolute atomic E-state index is 0.0496. The van der Waals surface area contributed by atoms with E-state index in [-0.39, 0.29) is 18.2 Å². The second kappa shape index (κ2) is 7.42. The van der Waals surface area contributed by atoms with E-state index in [2.05, 4.69) is 12.1 Å². The molecule has 3 rings (SSSR count). The van der Waals surface area contributed by atoms with Crippen LogP contribution in [0.3, 0.4) is 0 Å². The predicted molar refractivity (Wildman–Crippen MR) is 100 cm³/mol. The van der Waals surface area contributed by atoms with Crippen LogP contribution in [0.25, 0.3) is 17.2 Å². The molecule has 1 N–H and O–H groups in total. The zero-order valence-electron chi connectivity index (χ0n) is 15.3. The van der Waals surface area contributed by atoms with Crippen LogP contribution in [-0.2, 0) is 9.53 Å². The Morgan fingerprint density at radius 3 is 2.62 bits per heavy atom. The van der Waals surface area contributed by atoms with Crippen molar-refractivity contribution in [2.24, 2.45) is 0 Å². The Hall–Kier alpha value is -2.46. The normalized spacial score (nSPS) is 20.4. The van der Waals surface area contributed by atoms with Crippen LogP contribution in [0.5, 0.6) is 0 Å². The van der Waals surface area contributed by atoms with Crippen LogP contribution >= 0.6 is 0 Å². The van der Waals surface area contributed by atoms with Gasteiger partial charge in [-0.3, -0.25) is 4.79 Å². The first-order chi connectivity index (χ1) is 12.3. The van der Waals surface area contributed by atoms with Gasteiger partial charge in [-0.15, -0.1) is 0 Å². The summed E-state index contributed by atoms with van der Waals surface area (Å²) in [6, 6.07) is 9.25. The Kier molecular flexibility index (Phi) is 5.23. The molecule has 0 aliphatic carbocycles. The molecule has 26 heavy (non-hydrogen) atoms. The molecule has 0 amide bonds. The van der Waals surface area contributed by atoms with Gasteiger partial charge in [0.25, 0.3) is 0 Å². The SMILES string of the molecule is Cc1cc(C)c(C=C[C@H]2C[C@H](O)CC(=O)O2)c(-c2ccc(F)c(C)c2)c1. The molecule has 1 fully saturated rings. The van der Waals surface area contributed by atoms with Gasteiger partial charge in [0.15, 0.2) is 0 Å². The highest BCUT2D eigenvalue weighted by Gasteiger charge is 2.25. The fourth-order valence-corrected chi connectivity index (χ4v) is 3.38. The molecule has 2 aromatic carbocycles. The van der Waals surface area contributed by atoms with Crippen LogP contribution in [0.4, 0.5) is 4.39 Å². The van der Waals surface area contributed by atoms with Crippen LogP contribution < -0.4 is 0 Å². The van der Waals surface area contributed by atoms with Crippen molar-refractivity contribution in [3.05, 3.63) is 64.5 Å². The van der Waals surface area contributed by atoms with Crippen LogP contribution in [0.15, 0.2) is 36.4 Å². The smallest absolute Gasteiger partial charge is 0.309 e. The second-order valence-corrected chi connectivity index (χ2v) is 6.99.